The van der Waals surface area contributed by atoms with E-state index in [0.717, 1.165) is 0 Å². The number of hydrogen-bond acceptors (Lipinski definition) is 7. The summed E-state index contributed by atoms with van der Waals surface area (Å²) in [6.07, 6.45) is 0. The molecule has 1 rings (SSSR count). The predicted octanol–water partition coefficient (Wildman–Crippen LogP) is 4.43. The SMILES string of the molecule is CC[Si]1(O)O[Si](CC)(CC)O[Si](O)(CC)O[Si](CC)(CC)O[Si](CC)(CC)O1. The summed E-state index contributed by atoms with van der Waals surface area (Å²) in [5.74, 6) is 0. The average Bonchev–Trinajstić information content (AvgIpc) is 2.71. The molecule has 12 heteroatoms. The van der Waals surface area contributed by atoms with Gasteiger partial charge in [0.25, 0.3) is 0 Å². The van der Waals surface area contributed by atoms with E-state index < -0.39 is 43.3 Å². The van der Waals surface area contributed by atoms with Gasteiger partial charge in [-0.2, -0.15) is 0 Å². The van der Waals surface area contributed by atoms with E-state index in [2.05, 4.69) is 27.7 Å². The molecule has 0 bridgehead atoms. The maximum absolute atomic E-state index is 11.5. The number of rotatable bonds is 8. The van der Waals surface area contributed by atoms with Crippen molar-refractivity contribution in [3.05, 3.63) is 0 Å². The van der Waals surface area contributed by atoms with Crippen LogP contribution in [0.2, 0.25) is 48.4 Å². The largest absolute Gasteiger partial charge is 0.480 e. The molecule has 0 aromatic heterocycles. The van der Waals surface area contributed by atoms with Gasteiger partial charge in [-0.1, -0.05) is 55.4 Å². The topological polar surface area (TPSA) is 86.6 Å². The van der Waals surface area contributed by atoms with Crippen molar-refractivity contribution < 1.29 is 30.2 Å². The van der Waals surface area contributed by atoms with Crippen molar-refractivity contribution in [2.75, 3.05) is 0 Å². The molecule has 1 aliphatic heterocycles. The summed E-state index contributed by atoms with van der Waals surface area (Å²) in [5, 5.41) is 0. The van der Waals surface area contributed by atoms with Gasteiger partial charge in [0.15, 0.2) is 0 Å². The molecule has 2 N–H and O–H groups in total. The molecular formula is C16H42O7Si5. The van der Waals surface area contributed by atoms with Crippen molar-refractivity contribution >= 4 is 43.3 Å². The Bertz CT molecular complexity index is 450. The second-order valence-corrected chi connectivity index (χ2v) is 25.6. The van der Waals surface area contributed by atoms with Gasteiger partial charge in [-0.05, 0) is 36.3 Å². The van der Waals surface area contributed by atoms with Gasteiger partial charge < -0.3 is 30.2 Å². The van der Waals surface area contributed by atoms with Gasteiger partial charge in [0, 0.05) is 12.1 Å². The van der Waals surface area contributed by atoms with E-state index in [1.807, 2.05) is 27.7 Å². The van der Waals surface area contributed by atoms with Crippen molar-refractivity contribution in [2.24, 2.45) is 0 Å². The summed E-state index contributed by atoms with van der Waals surface area (Å²) in [7, 11) is -15.5. The van der Waals surface area contributed by atoms with E-state index >= 15 is 0 Å². The maximum atomic E-state index is 11.5. The molecule has 2 atom stereocenters. The highest BCUT2D eigenvalue weighted by Crippen LogP contribution is 2.38. The third-order valence-electron chi connectivity index (χ3n) is 5.88. The quantitative estimate of drug-likeness (QED) is 0.491. The Hall–Kier alpha value is 0.804. The van der Waals surface area contributed by atoms with Gasteiger partial charge in [-0.15, -0.1) is 0 Å². The van der Waals surface area contributed by atoms with E-state index in [1.165, 1.54) is 0 Å². The molecule has 1 saturated heterocycles. The first-order valence-electron chi connectivity index (χ1n) is 11.0. The van der Waals surface area contributed by atoms with E-state index in [9.17, 15) is 9.59 Å². The van der Waals surface area contributed by atoms with Gasteiger partial charge in [0.1, 0.15) is 0 Å². The minimum atomic E-state index is -3.51. The van der Waals surface area contributed by atoms with Crippen molar-refractivity contribution in [2.45, 2.75) is 104 Å². The zero-order valence-electron chi connectivity index (χ0n) is 19.1. The third kappa shape index (κ3) is 5.94. The molecule has 7 nitrogen and oxygen atoms in total. The predicted molar refractivity (Wildman–Crippen MR) is 122 cm³/mol. The van der Waals surface area contributed by atoms with Crippen molar-refractivity contribution in [3.63, 3.8) is 0 Å². The van der Waals surface area contributed by atoms with Crippen LogP contribution in [0.5, 0.6) is 0 Å². The molecule has 2 unspecified atom stereocenters. The van der Waals surface area contributed by atoms with Crippen molar-refractivity contribution in [1.29, 1.82) is 0 Å². The first-order chi connectivity index (χ1) is 13.0. The lowest BCUT2D eigenvalue weighted by molar-refractivity contribution is 0.140. The maximum Gasteiger partial charge on any atom is 0.480 e. The fourth-order valence-electron chi connectivity index (χ4n) is 3.51. The van der Waals surface area contributed by atoms with Crippen LogP contribution >= 0.6 is 0 Å². The second-order valence-electron chi connectivity index (χ2n) is 7.50. The normalized spacial score (nSPS) is 32.8. The van der Waals surface area contributed by atoms with Gasteiger partial charge in [-0.25, -0.2) is 0 Å². The van der Waals surface area contributed by atoms with Crippen molar-refractivity contribution in [3.8, 4) is 0 Å². The lowest BCUT2D eigenvalue weighted by atomic mass is 10.9. The van der Waals surface area contributed by atoms with Gasteiger partial charge in [0.05, 0.1) is 0 Å². The Balaban J connectivity index is 3.64. The molecule has 0 spiro atoms. The highest BCUT2D eigenvalue weighted by atomic mass is 28.5. The Morgan fingerprint density at radius 2 is 0.607 bits per heavy atom. The van der Waals surface area contributed by atoms with E-state index in [1.54, 1.807) is 0 Å². The Kier molecular flexibility index (Phi) is 9.98. The van der Waals surface area contributed by atoms with E-state index in [0.29, 0.717) is 48.4 Å². The summed E-state index contributed by atoms with van der Waals surface area (Å²) >= 11 is 0. The molecule has 168 valence electrons. The molecule has 0 aromatic carbocycles. The van der Waals surface area contributed by atoms with Crippen molar-refractivity contribution in [1.82, 2.24) is 0 Å². The number of hydrogen-bond donors (Lipinski definition) is 2. The molecule has 0 saturated carbocycles. The average molecular weight is 487 g/mol. The first kappa shape index (κ1) is 26.8. The summed E-state index contributed by atoms with van der Waals surface area (Å²) < 4.78 is 32.6. The molecule has 0 aromatic rings. The molecule has 1 heterocycles. The first-order valence-corrected chi connectivity index (χ1v) is 21.6. The fourth-order valence-corrected chi connectivity index (χ4v) is 29.0. The second kappa shape index (κ2) is 10.4. The van der Waals surface area contributed by atoms with E-state index in [4.69, 9.17) is 20.6 Å². The van der Waals surface area contributed by atoms with Crippen LogP contribution in [0.25, 0.3) is 0 Å². The fraction of sp³-hybridized carbons (Fsp3) is 1.00. The minimum absolute atomic E-state index is 0.406. The lowest BCUT2D eigenvalue weighted by Gasteiger charge is -2.49. The molecule has 0 aliphatic carbocycles. The zero-order chi connectivity index (χ0) is 21.7. The van der Waals surface area contributed by atoms with Crippen LogP contribution in [0, 0.1) is 0 Å². The van der Waals surface area contributed by atoms with Crippen LogP contribution in [-0.4, -0.2) is 52.9 Å². The third-order valence-corrected chi connectivity index (χ3v) is 28.2. The molecule has 28 heavy (non-hydrogen) atoms. The highest BCUT2D eigenvalue weighted by molar-refractivity contribution is 6.92. The summed E-state index contributed by atoms with van der Waals surface area (Å²) in [6, 6.07) is 4.90. The molecule has 0 radical (unpaired) electrons. The Morgan fingerprint density at radius 3 is 0.786 bits per heavy atom. The molecule has 1 aliphatic rings. The van der Waals surface area contributed by atoms with Crippen LogP contribution in [0.3, 0.4) is 0 Å². The molecule has 1 fully saturated rings. The monoisotopic (exact) mass is 486 g/mol. The summed E-state index contributed by atoms with van der Waals surface area (Å²) in [4.78, 5) is 22.9. The highest BCUT2D eigenvalue weighted by Gasteiger charge is 2.60. The zero-order valence-corrected chi connectivity index (χ0v) is 24.1. The van der Waals surface area contributed by atoms with Crippen LogP contribution < -0.4 is 0 Å². The standard InChI is InChI=1S/C16H42O7Si5/c1-9-24(10-2)19-25(11-3,12-4)21-28(18,16-8)23-26(13-5,14-6)22-27(17,15-7)20-24/h17-18H,9-16H2,1-8H3. The summed E-state index contributed by atoms with van der Waals surface area (Å²) in [5.41, 5.74) is 0. The van der Waals surface area contributed by atoms with Gasteiger partial charge in [-0.3, -0.25) is 0 Å². The lowest BCUT2D eigenvalue weighted by Crippen LogP contribution is -2.69. The van der Waals surface area contributed by atoms with Gasteiger partial charge >= 0.3 is 43.3 Å². The van der Waals surface area contributed by atoms with Crippen LogP contribution in [0.15, 0.2) is 0 Å². The van der Waals surface area contributed by atoms with E-state index in [-0.39, 0.29) is 0 Å². The summed E-state index contributed by atoms with van der Waals surface area (Å²) in [6.45, 7) is 16.0. The Morgan fingerprint density at radius 1 is 0.393 bits per heavy atom. The Labute approximate surface area is 177 Å². The van der Waals surface area contributed by atoms with Crippen LogP contribution in [0.4, 0.5) is 0 Å². The van der Waals surface area contributed by atoms with Gasteiger partial charge in [0.2, 0.25) is 0 Å². The molecule has 0 amide bonds. The van der Waals surface area contributed by atoms with Crippen LogP contribution in [0.1, 0.15) is 55.4 Å². The van der Waals surface area contributed by atoms with Crippen LogP contribution in [-0.2, 0) is 20.6 Å². The minimum Gasteiger partial charge on any atom is -0.415 e. The smallest absolute Gasteiger partial charge is 0.415 e. The molecular weight excluding hydrogens is 445 g/mol.